The van der Waals surface area contributed by atoms with Gasteiger partial charge in [0.05, 0.1) is 0 Å². The third kappa shape index (κ3) is 4.46. The molecule has 0 amide bonds. The minimum absolute atomic E-state index is 0.725. The molecule has 0 atom stereocenters. The lowest BCUT2D eigenvalue weighted by atomic mass is 10.1. The summed E-state index contributed by atoms with van der Waals surface area (Å²) in [5, 5.41) is 0. The number of nitrogens with zero attached hydrogens (tertiary/aromatic N) is 2. The molecule has 0 radical (unpaired) electrons. The number of hydrogen-bond donors (Lipinski definition) is 2. The van der Waals surface area contributed by atoms with E-state index >= 15 is 0 Å². The van der Waals surface area contributed by atoms with Gasteiger partial charge in [0.2, 0.25) is 0 Å². The van der Waals surface area contributed by atoms with Gasteiger partial charge >= 0.3 is 0 Å². The molecule has 20 heavy (non-hydrogen) atoms. The van der Waals surface area contributed by atoms with Gasteiger partial charge in [0.15, 0.2) is 0 Å². The molecule has 0 bridgehead atoms. The summed E-state index contributed by atoms with van der Waals surface area (Å²) in [4.78, 5) is 6.96. The molecule has 0 aliphatic heterocycles. The van der Waals surface area contributed by atoms with Crippen molar-refractivity contribution in [3.05, 3.63) is 23.9 Å². The van der Waals surface area contributed by atoms with Crippen molar-refractivity contribution in [3.8, 4) is 0 Å². The quantitative estimate of drug-likeness (QED) is 0.593. The van der Waals surface area contributed by atoms with Crippen molar-refractivity contribution in [2.75, 3.05) is 12.0 Å². The molecule has 0 saturated heterocycles. The van der Waals surface area contributed by atoms with Gasteiger partial charge in [0.1, 0.15) is 5.82 Å². The predicted octanol–water partition coefficient (Wildman–Crippen LogP) is 3.16. The van der Waals surface area contributed by atoms with E-state index in [-0.39, 0.29) is 0 Å². The van der Waals surface area contributed by atoms with Gasteiger partial charge in [0.25, 0.3) is 0 Å². The van der Waals surface area contributed by atoms with Crippen LogP contribution in [0.15, 0.2) is 18.3 Å². The van der Waals surface area contributed by atoms with Gasteiger partial charge in [-0.2, -0.15) is 0 Å². The fourth-order valence-electron chi connectivity index (χ4n) is 2.92. The van der Waals surface area contributed by atoms with E-state index in [9.17, 15) is 0 Å². The fourth-order valence-corrected chi connectivity index (χ4v) is 2.92. The number of nitrogens with one attached hydrogen (secondary N) is 1. The Bertz CT molecular complexity index is 382. The number of rotatable bonds is 7. The number of nitrogens with two attached hydrogens (primary N) is 1. The average molecular weight is 276 g/mol. The van der Waals surface area contributed by atoms with Gasteiger partial charge in [-0.1, -0.05) is 32.8 Å². The van der Waals surface area contributed by atoms with Crippen LogP contribution in [0.25, 0.3) is 0 Å². The Morgan fingerprint density at radius 2 is 2.10 bits per heavy atom. The summed E-state index contributed by atoms with van der Waals surface area (Å²) in [5.74, 6) is 6.85. The fraction of sp³-hybridized carbons (Fsp3) is 0.688. The molecule has 0 aromatic carbocycles. The standard InChI is InChI=1S/C16H28N4/c1-13(2)9-10-20(15-5-3-4-6-15)12-14-7-8-16(19-17)18-11-14/h7-8,11,13,15H,3-6,9-10,12,17H2,1-2H3,(H,18,19). The highest BCUT2D eigenvalue weighted by Crippen LogP contribution is 2.25. The van der Waals surface area contributed by atoms with Crippen molar-refractivity contribution < 1.29 is 0 Å². The highest BCUT2D eigenvalue weighted by Gasteiger charge is 2.22. The van der Waals surface area contributed by atoms with E-state index in [0.717, 1.165) is 24.3 Å². The van der Waals surface area contributed by atoms with Crippen LogP contribution in [0.3, 0.4) is 0 Å². The Balaban J connectivity index is 1.97. The Hall–Kier alpha value is -1.13. The van der Waals surface area contributed by atoms with Crippen molar-refractivity contribution in [3.63, 3.8) is 0 Å². The van der Waals surface area contributed by atoms with Gasteiger partial charge in [-0.3, -0.25) is 4.90 Å². The first-order valence-corrected chi connectivity index (χ1v) is 7.84. The molecule has 1 heterocycles. The normalized spacial score (nSPS) is 16.2. The van der Waals surface area contributed by atoms with E-state index in [1.807, 2.05) is 12.3 Å². The van der Waals surface area contributed by atoms with Crippen molar-refractivity contribution >= 4 is 5.82 Å². The van der Waals surface area contributed by atoms with Crippen LogP contribution in [0.1, 0.15) is 51.5 Å². The molecule has 1 fully saturated rings. The summed E-state index contributed by atoms with van der Waals surface area (Å²) < 4.78 is 0. The molecule has 4 heteroatoms. The zero-order valence-electron chi connectivity index (χ0n) is 12.8. The maximum Gasteiger partial charge on any atom is 0.139 e. The maximum absolute atomic E-state index is 5.36. The first kappa shape index (κ1) is 15.3. The minimum Gasteiger partial charge on any atom is -0.308 e. The van der Waals surface area contributed by atoms with Gasteiger partial charge < -0.3 is 5.43 Å². The third-order valence-electron chi connectivity index (χ3n) is 4.19. The number of hydrogen-bond acceptors (Lipinski definition) is 4. The van der Waals surface area contributed by atoms with Gasteiger partial charge in [-0.05, 0) is 43.4 Å². The van der Waals surface area contributed by atoms with Crippen LogP contribution in [0, 0.1) is 5.92 Å². The second kappa shape index (κ2) is 7.60. The van der Waals surface area contributed by atoms with Gasteiger partial charge in [-0.15, -0.1) is 0 Å². The van der Waals surface area contributed by atoms with Crippen molar-refractivity contribution in [1.29, 1.82) is 0 Å². The lowest BCUT2D eigenvalue weighted by Gasteiger charge is -2.29. The second-order valence-corrected chi connectivity index (χ2v) is 6.29. The topological polar surface area (TPSA) is 54.2 Å². The van der Waals surface area contributed by atoms with Crippen molar-refractivity contribution in [2.45, 2.75) is 58.5 Å². The van der Waals surface area contributed by atoms with Gasteiger partial charge in [0, 0.05) is 18.8 Å². The average Bonchev–Trinajstić information content (AvgIpc) is 2.98. The third-order valence-corrected chi connectivity index (χ3v) is 4.19. The van der Waals surface area contributed by atoms with Crippen LogP contribution in [0.2, 0.25) is 0 Å². The Morgan fingerprint density at radius 3 is 2.65 bits per heavy atom. The molecule has 1 aliphatic rings. The van der Waals surface area contributed by atoms with E-state index in [1.165, 1.54) is 44.2 Å². The first-order valence-electron chi connectivity index (χ1n) is 7.84. The minimum atomic E-state index is 0.725. The highest BCUT2D eigenvalue weighted by molar-refractivity contribution is 5.33. The lowest BCUT2D eigenvalue weighted by molar-refractivity contribution is 0.179. The van der Waals surface area contributed by atoms with E-state index in [4.69, 9.17) is 5.84 Å². The molecule has 112 valence electrons. The highest BCUT2D eigenvalue weighted by atomic mass is 15.2. The molecule has 0 spiro atoms. The molecular weight excluding hydrogens is 248 g/mol. The van der Waals surface area contributed by atoms with Crippen LogP contribution in [0.5, 0.6) is 0 Å². The van der Waals surface area contributed by atoms with Crippen molar-refractivity contribution in [2.24, 2.45) is 11.8 Å². The Morgan fingerprint density at radius 1 is 1.35 bits per heavy atom. The summed E-state index contributed by atoms with van der Waals surface area (Å²) in [6, 6.07) is 4.84. The van der Waals surface area contributed by atoms with Crippen LogP contribution in [-0.2, 0) is 6.54 Å². The van der Waals surface area contributed by atoms with Gasteiger partial charge in [-0.25, -0.2) is 10.8 Å². The number of hydrazine groups is 1. The molecule has 1 aliphatic carbocycles. The largest absolute Gasteiger partial charge is 0.308 e. The summed E-state index contributed by atoms with van der Waals surface area (Å²) in [6.07, 6.45) is 8.69. The molecule has 3 N–H and O–H groups in total. The number of nitrogen functional groups attached to an aromatic ring is 1. The molecule has 0 unspecified atom stereocenters. The first-order chi connectivity index (χ1) is 9.69. The molecule has 2 rings (SSSR count). The van der Waals surface area contributed by atoms with Crippen LogP contribution < -0.4 is 11.3 Å². The predicted molar refractivity (Wildman–Crippen MR) is 84.2 cm³/mol. The monoisotopic (exact) mass is 276 g/mol. The molecule has 1 aromatic heterocycles. The molecular formula is C16H28N4. The Kier molecular flexibility index (Phi) is 5.80. The van der Waals surface area contributed by atoms with Crippen LogP contribution in [-0.4, -0.2) is 22.5 Å². The number of aromatic nitrogens is 1. The van der Waals surface area contributed by atoms with E-state index in [2.05, 4.69) is 35.2 Å². The molecule has 1 aromatic rings. The van der Waals surface area contributed by atoms with E-state index < -0.39 is 0 Å². The molecule has 4 nitrogen and oxygen atoms in total. The summed E-state index contributed by atoms with van der Waals surface area (Å²) in [6.45, 7) is 6.81. The van der Waals surface area contributed by atoms with Crippen molar-refractivity contribution in [1.82, 2.24) is 9.88 Å². The van der Waals surface area contributed by atoms with Crippen LogP contribution >= 0.6 is 0 Å². The van der Waals surface area contributed by atoms with E-state index in [1.54, 1.807) is 0 Å². The zero-order valence-corrected chi connectivity index (χ0v) is 12.8. The number of pyridine rings is 1. The maximum atomic E-state index is 5.36. The summed E-state index contributed by atoms with van der Waals surface area (Å²) >= 11 is 0. The van der Waals surface area contributed by atoms with E-state index in [0.29, 0.717) is 0 Å². The van der Waals surface area contributed by atoms with Crippen LogP contribution in [0.4, 0.5) is 5.82 Å². The summed E-state index contributed by atoms with van der Waals surface area (Å²) in [7, 11) is 0. The SMILES string of the molecule is CC(C)CCN(Cc1ccc(NN)nc1)C1CCCC1. The molecule has 1 saturated carbocycles. The zero-order chi connectivity index (χ0) is 14.4. The second-order valence-electron chi connectivity index (χ2n) is 6.29. The lowest BCUT2D eigenvalue weighted by Crippen LogP contribution is -2.34. The smallest absolute Gasteiger partial charge is 0.139 e. The number of anilines is 1. The Labute approximate surface area is 122 Å². The summed E-state index contributed by atoms with van der Waals surface area (Å²) in [5.41, 5.74) is 3.86.